The number of halogens is 3. The second-order valence-electron chi connectivity index (χ2n) is 4.86. The van der Waals surface area contributed by atoms with Gasteiger partial charge in [-0.1, -0.05) is 54.1 Å². The first kappa shape index (κ1) is 16.3. The van der Waals surface area contributed by atoms with Gasteiger partial charge in [0, 0.05) is 10.3 Å². The zero-order valence-corrected chi connectivity index (χ0v) is 14.0. The lowest BCUT2D eigenvalue weighted by Crippen LogP contribution is -2.18. The average Bonchev–Trinajstić information content (AvgIpc) is 2.42. The van der Waals surface area contributed by atoms with Gasteiger partial charge in [0.1, 0.15) is 0 Å². The Morgan fingerprint density at radius 2 is 1.75 bits per heavy atom. The molecule has 0 heterocycles. The standard InChI is InChI=1S/C14H16Cl3NOS/c15-9-6-11(16)14(12(17)7-9)18-13(19)8-20-10-4-2-1-3-5-10/h6-7,10H,1-5,8H2,(H,18,19). The molecule has 6 heteroatoms. The highest BCUT2D eigenvalue weighted by Gasteiger charge is 2.16. The number of amides is 1. The third-order valence-electron chi connectivity index (χ3n) is 3.27. The van der Waals surface area contributed by atoms with Crippen molar-refractivity contribution >= 4 is 58.2 Å². The Morgan fingerprint density at radius 3 is 2.35 bits per heavy atom. The molecule has 1 N–H and O–H groups in total. The van der Waals surface area contributed by atoms with Crippen molar-refractivity contribution in [3.63, 3.8) is 0 Å². The fourth-order valence-corrected chi connectivity index (χ4v) is 4.30. The lowest BCUT2D eigenvalue weighted by atomic mass is 10.0. The molecule has 0 unspecified atom stereocenters. The van der Waals surface area contributed by atoms with Gasteiger partial charge in [0.2, 0.25) is 5.91 Å². The number of hydrogen-bond donors (Lipinski definition) is 1. The molecule has 0 aliphatic heterocycles. The first-order chi connectivity index (χ1) is 9.56. The summed E-state index contributed by atoms with van der Waals surface area (Å²) in [6.07, 6.45) is 6.28. The van der Waals surface area contributed by atoms with E-state index in [1.165, 1.54) is 32.1 Å². The lowest BCUT2D eigenvalue weighted by Gasteiger charge is -2.20. The van der Waals surface area contributed by atoms with Crippen molar-refractivity contribution in [2.24, 2.45) is 0 Å². The van der Waals surface area contributed by atoms with E-state index in [1.807, 2.05) is 0 Å². The molecule has 1 aromatic carbocycles. The number of hydrogen-bond acceptors (Lipinski definition) is 2. The Morgan fingerprint density at radius 1 is 1.15 bits per heavy atom. The van der Waals surface area contributed by atoms with E-state index in [0.717, 1.165) is 0 Å². The van der Waals surface area contributed by atoms with Gasteiger partial charge < -0.3 is 5.32 Å². The van der Waals surface area contributed by atoms with Crippen LogP contribution in [0, 0.1) is 0 Å². The maximum absolute atomic E-state index is 12.0. The number of nitrogens with one attached hydrogen (secondary N) is 1. The quantitative estimate of drug-likeness (QED) is 0.758. The van der Waals surface area contributed by atoms with E-state index >= 15 is 0 Å². The Hall–Kier alpha value is -0.0900. The molecule has 2 nitrogen and oxygen atoms in total. The molecule has 1 aromatic rings. The molecule has 0 spiro atoms. The number of thioether (sulfide) groups is 1. The molecule has 1 saturated carbocycles. The van der Waals surface area contributed by atoms with Crippen LogP contribution in [0.4, 0.5) is 5.69 Å². The number of benzene rings is 1. The Bertz CT molecular complexity index is 466. The van der Waals surface area contributed by atoms with Crippen molar-refractivity contribution in [1.29, 1.82) is 0 Å². The normalized spacial score (nSPS) is 16.1. The van der Waals surface area contributed by atoms with E-state index in [2.05, 4.69) is 5.32 Å². The van der Waals surface area contributed by atoms with E-state index < -0.39 is 0 Å². The fourth-order valence-electron chi connectivity index (χ4n) is 2.26. The van der Waals surface area contributed by atoms with Gasteiger partial charge >= 0.3 is 0 Å². The smallest absolute Gasteiger partial charge is 0.234 e. The van der Waals surface area contributed by atoms with E-state index in [9.17, 15) is 4.79 Å². The largest absolute Gasteiger partial charge is 0.323 e. The molecule has 110 valence electrons. The minimum atomic E-state index is -0.0771. The van der Waals surface area contributed by atoms with E-state index in [0.29, 0.717) is 31.8 Å². The van der Waals surface area contributed by atoms with Crippen LogP contribution in [0.15, 0.2) is 12.1 Å². The number of carbonyl (C=O) groups excluding carboxylic acids is 1. The van der Waals surface area contributed by atoms with Crippen LogP contribution in [-0.4, -0.2) is 16.9 Å². The summed E-state index contributed by atoms with van der Waals surface area (Å²) in [7, 11) is 0. The van der Waals surface area contributed by atoms with Gasteiger partial charge in [-0.25, -0.2) is 0 Å². The number of carbonyl (C=O) groups is 1. The predicted octanol–water partition coefficient (Wildman–Crippen LogP) is 5.65. The minimum Gasteiger partial charge on any atom is -0.323 e. The molecule has 0 saturated heterocycles. The van der Waals surface area contributed by atoms with Crippen molar-refractivity contribution < 1.29 is 4.79 Å². The van der Waals surface area contributed by atoms with Gasteiger partial charge in [-0.3, -0.25) is 4.79 Å². The maximum atomic E-state index is 12.0. The Kier molecular flexibility index (Phi) is 6.34. The monoisotopic (exact) mass is 351 g/mol. The van der Waals surface area contributed by atoms with Crippen molar-refractivity contribution in [2.75, 3.05) is 11.1 Å². The third kappa shape index (κ3) is 4.73. The van der Waals surface area contributed by atoms with Crippen LogP contribution in [0.2, 0.25) is 15.1 Å². The van der Waals surface area contributed by atoms with Gasteiger partial charge in [0.25, 0.3) is 0 Å². The summed E-state index contributed by atoms with van der Waals surface area (Å²) in [4.78, 5) is 12.0. The van der Waals surface area contributed by atoms with Crippen LogP contribution in [0.3, 0.4) is 0 Å². The molecule has 0 atom stereocenters. The SMILES string of the molecule is O=C(CSC1CCCCC1)Nc1c(Cl)cc(Cl)cc1Cl. The maximum Gasteiger partial charge on any atom is 0.234 e. The summed E-state index contributed by atoms with van der Waals surface area (Å²) >= 11 is 19.6. The molecule has 2 rings (SSSR count). The van der Waals surface area contributed by atoms with Crippen molar-refractivity contribution in [1.82, 2.24) is 0 Å². The van der Waals surface area contributed by atoms with Gasteiger partial charge in [-0.2, -0.15) is 0 Å². The van der Waals surface area contributed by atoms with E-state index in [1.54, 1.807) is 23.9 Å². The van der Waals surface area contributed by atoms with Crippen molar-refractivity contribution in [2.45, 2.75) is 37.4 Å². The summed E-state index contributed by atoms with van der Waals surface area (Å²) in [5.74, 6) is 0.353. The van der Waals surface area contributed by atoms with Gasteiger partial charge in [-0.15, -0.1) is 11.8 Å². The minimum absolute atomic E-state index is 0.0771. The molecular formula is C14H16Cl3NOS. The van der Waals surface area contributed by atoms with Gasteiger partial charge in [-0.05, 0) is 25.0 Å². The second-order valence-corrected chi connectivity index (χ2v) is 7.40. The zero-order valence-electron chi connectivity index (χ0n) is 10.9. The Labute approximate surface area is 138 Å². The molecule has 1 aliphatic carbocycles. The molecule has 0 aromatic heterocycles. The lowest BCUT2D eigenvalue weighted by molar-refractivity contribution is -0.113. The molecular weight excluding hydrogens is 337 g/mol. The van der Waals surface area contributed by atoms with Crippen LogP contribution < -0.4 is 5.32 Å². The molecule has 0 radical (unpaired) electrons. The summed E-state index contributed by atoms with van der Waals surface area (Å²) in [6, 6.07) is 3.14. The summed E-state index contributed by atoms with van der Waals surface area (Å²) < 4.78 is 0. The van der Waals surface area contributed by atoms with Crippen molar-refractivity contribution in [3.05, 3.63) is 27.2 Å². The average molecular weight is 353 g/mol. The number of anilines is 1. The molecule has 0 bridgehead atoms. The van der Waals surface area contributed by atoms with Gasteiger partial charge in [0.05, 0.1) is 21.5 Å². The summed E-state index contributed by atoms with van der Waals surface area (Å²) in [6.45, 7) is 0. The van der Waals surface area contributed by atoms with E-state index in [-0.39, 0.29) is 5.91 Å². The van der Waals surface area contributed by atoms with Crippen LogP contribution in [0.5, 0.6) is 0 Å². The highest BCUT2D eigenvalue weighted by atomic mass is 35.5. The van der Waals surface area contributed by atoms with Crippen molar-refractivity contribution in [3.8, 4) is 0 Å². The molecule has 1 aliphatic rings. The molecule has 1 fully saturated rings. The molecule has 20 heavy (non-hydrogen) atoms. The fraction of sp³-hybridized carbons (Fsp3) is 0.500. The van der Waals surface area contributed by atoms with Crippen LogP contribution in [0.1, 0.15) is 32.1 Å². The number of rotatable bonds is 4. The summed E-state index contributed by atoms with van der Waals surface area (Å²) in [5, 5.41) is 4.54. The highest BCUT2D eigenvalue weighted by molar-refractivity contribution is 8.00. The van der Waals surface area contributed by atoms with Crippen LogP contribution in [0.25, 0.3) is 0 Å². The first-order valence-electron chi connectivity index (χ1n) is 6.62. The van der Waals surface area contributed by atoms with Crippen LogP contribution in [-0.2, 0) is 4.79 Å². The zero-order chi connectivity index (χ0) is 14.5. The second kappa shape index (κ2) is 7.79. The van der Waals surface area contributed by atoms with E-state index in [4.69, 9.17) is 34.8 Å². The Balaban J connectivity index is 1.88. The third-order valence-corrected chi connectivity index (χ3v) is 5.46. The molecule has 1 amide bonds. The topological polar surface area (TPSA) is 29.1 Å². The van der Waals surface area contributed by atoms with Gasteiger partial charge in [0.15, 0.2) is 0 Å². The first-order valence-corrected chi connectivity index (χ1v) is 8.80. The predicted molar refractivity (Wildman–Crippen MR) is 89.4 cm³/mol. The summed E-state index contributed by atoms with van der Waals surface area (Å²) in [5.41, 5.74) is 0.437. The highest BCUT2D eigenvalue weighted by Crippen LogP contribution is 2.34. The van der Waals surface area contributed by atoms with Crippen LogP contribution >= 0.6 is 46.6 Å².